The highest BCUT2D eigenvalue weighted by Crippen LogP contribution is 2.33. The van der Waals surface area contributed by atoms with E-state index in [9.17, 15) is 9.59 Å². The Kier molecular flexibility index (Phi) is 10.4. The average Bonchev–Trinajstić information content (AvgIpc) is 3.50. The minimum Gasteiger partial charge on any atom is -0.444 e. The Morgan fingerprint density at radius 1 is 0.838 bits per heavy atom. The summed E-state index contributed by atoms with van der Waals surface area (Å²) in [5.41, 5.74) is -0.836. The molecule has 0 spiro atoms. The molecule has 2 saturated heterocycles. The van der Waals surface area contributed by atoms with Gasteiger partial charge in [-0.2, -0.15) is 0 Å². The van der Waals surface area contributed by atoms with Crippen LogP contribution in [0, 0.1) is 0 Å². The SMILES string of the molecule is CC(C)(C)OC(=O)N1CCC(c2ncc(Br)s2)CC1.CC(C)(C)OC(=O)N1CCC(c2nccs2)CC1. The Hall–Kier alpha value is -1.72. The number of carbonyl (C=O) groups is 2. The zero-order valence-corrected chi connectivity index (χ0v) is 25.9. The summed E-state index contributed by atoms with van der Waals surface area (Å²) in [5, 5.41) is 4.37. The van der Waals surface area contributed by atoms with E-state index in [4.69, 9.17) is 9.47 Å². The lowest BCUT2D eigenvalue weighted by Crippen LogP contribution is -2.41. The number of halogens is 1. The van der Waals surface area contributed by atoms with Gasteiger partial charge in [-0.3, -0.25) is 0 Å². The fourth-order valence-electron chi connectivity index (χ4n) is 4.16. The van der Waals surface area contributed by atoms with Gasteiger partial charge in [-0.05, 0) is 83.2 Å². The molecule has 4 heterocycles. The van der Waals surface area contributed by atoms with Crippen LogP contribution in [-0.2, 0) is 9.47 Å². The van der Waals surface area contributed by atoms with Crippen LogP contribution in [0.2, 0.25) is 0 Å². The van der Waals surface area contributed by atoms with Crippen molar-refractivity contribution in [1.29, 1.82) is 0 Å². The van der Waals surface area contributed by atoms with E-state index in [1.54, 1.807) is 32.5 Å². The molecule has 2 fully saturated rings. The van der Waals surface area contributed by atoms with E-state index in [1.807, 2.05) is 59.3 Å². The second kappa shape index (κ2) is 12.9. The summed E-state index contributed by atoms with van der Waals surface area (Å²) in [5.74, 6) is 0.971. The van der Waals surface area contributed by atoms with Crippen LogP contribution in [-0.4, -0.2) is 69.3 Å². The molecule has 0 N–H and O–H groups in total. The summed E-state index contributed by atoms with van der Waals surface area (Å²) >= 11 is 6.83. The van der Waals surface area contributed by atoms with Crippen molar-refractivity contribution in [3.63, 3.8) is 0 Å². The second-order valence-corrected chi connectivity index (χ2v) is 14.7. The quantitative estimate of drug-likeness (QED) is 0.353. The van der Waals surface area contributed by atoms with Crippen molar-refractivity contribution in [1.82, 2.24) is 19.8 Å². The second-order valence-electron chi connectivity index (χ2n) is 11.4. The van der Waals surface area contributed by atoms with Crippen LogP contribution >= 0.6 is 38.6 Å². The van der Waals surface area contributed by atoms with Crippen LogP contribution < -0.4 is 0 Å². The Bertz CT molecular complexity index is 1000. The maximum Gasteiger partial charge on any atom is 0.410 e. The minimum absolute atomic E-state index is 0.194. The molecule has 0 aliphatic carbocycles. The van der Waals surface area contributed by atoms with Gasteiger partial charge in [-0.25, -0.2) is 19.6 Å². The highest BCUT2D eigenvalue weighted by atomic mass is 79.9. The molecule has 0 bridgehead atoms. The highest BCUT2D eigenvalue weighted by molar-refractivity contribution is 9.11. The summed E-state index contributed by atoms with van der Waals surface area (Å²) in [6.45, 7) is 14.4. The van der Waals surface area contributed by atoms with E-state index < -0.39 is 11.2 Å². The van der Waals surface area contributed by atoms with Crippen LogP contribution in [0.5, 0.6) is 0 Å². The predicted octanol–water partition coefficient (Wildman–Crippen LogP) is 7.28. The van der Waals surface area contributed by atoms with Gasteiger partial charge in [0, 0.05) is 49.6 Å². The molecular formula is C26H39BrN4O4S2. The van der Waals surface area contributed by atoms with Crippen molar-refractivity contribution >= 4 is 50.8 Å². The number of hydrogen-bond donors (Lipinski definition) is 0. The zero-order valence-electron chi connectivity index (χ0n) is 22.7. The summed E-state index contributed by atoms with van der Waals surface area (Å²) in [6.07, 6.45) is 7.17. The first kappa shape index (κ1) is 29.8. The highest BCUT2D eigenvalue weighted by Gasteiger charge is 2.29. The minimum atomic E-state index is -0.423. The number of ether oxygens (including phenoxy) is 2. The summed E-state index contributed by atoms with van der Waals surface area (Å²) in [7, 11) is 0. The standard InChI is InChI=1S/C13H19BrN2O2S.C13H20N2O2S/c1-13(2,3)18-12(17)16-6-4-9(5-7-16)11-15-8-10(14)19-11;1-13(2,3)17-12(16)15-7-4-10(5-8-15)11-14-6-9-18-11/h8-9H,4-7H2,1-3H3;6,9-10H,4-5,7-8H2,1-3H3. The lowest BCUT2D eigenvalue weighted by molar-refractivity contribution is 0.0194. The van der Waals surface area contributed by atoms with Gasteiger partial charge in [0.1, 0.15) is 11.2 Å². The smallest absolute Gasteiger partial charge is 0.410 e. The number of aromatic nitrogens is 2. The number of piperidine rings is 2. The summed E-state index contributed by atoms with van der Waals surface area (Å²) in [4.78, 5) is 36.2. The van der Waals surface area contributed by atoms with Crippen molar-refractivity contribution in [3.05, 3.63) is 31.6 Å². The molecule has 8 nitrogen and oxygen atoms in total. The molecule has 206 valence electrons. The van der Waals surface area contributed by atoms with Crippen molar-refractivity contribution in [2.24, 2.45) is 0 Å². The number of thiazole rings is 2. The molecule has 0 aromatic carbocycles. The van der Waals surface area contributed by atoms with Gasteiger partial charge < -0.3 is 19.3 Å². The number of carbonyl (C=O) groups excluding carboxylic acids is 2. The fraction of sp³-hybridized carbons (Fsp3) is 0.692. The number of amides is 2. The molecule has 0 saturated carbocycles. The first-order valence-corrected chi connectivity index (χ1v) is 15.3. The first-order chi connectivity index (χ1) is 17.3. The normalized spacial score (nSPS) is 17.7. The molecule has 37 heavy (non-hydrogen) atoms. The predicted molar refractivity (Wildman–Crippen MR) is 151 cm³/mol. The molecule has 2 aromatic rings. The van der Waals surface area contributed by atoms with Gasteiger partial charge in [0.05, 0.1) is 20.0 Å². The maximum absolute atomic E-state index is 11.9. The van der Waals surface area contributed by atoms with Gasteiger partial charge in [0.2, 0.25) is 0 Å². The molecule has 0 atom stereocenters. The van der Waals surface area contributed by atoms with Crippen molar-refractivity contribution < 1.29 is 19.1 Å². The number of rotatable bonds is 2. The number of nitrogens with zero attached hydrogens (tertiary/aromatic N) is 4. The van der Waals surface area contributed by atoms with E-state index in [1.165, 1.54) is 5.01 Å². The summed E-state index contributed by atoms with van der Waals surface area (Å²) < 4.78 is 11.8. The average molecular weight is 616 g/mol. The molecule has 0 unspecified atom stereocenters. The van der Waals surface area contributed by atoms with Crippen LogP contribution in [0.1, 0.15) is 89.1 Å². The third-order valence-corrected chi connectivity index (χ3v) is 8.52. The monoisotopic (exact) mass is 614 g/mol. The molecule has 4 rings (SSSR count). The summed E-state index contributed by atoms with van der Waals surface area (Å²) in [6, 6.07) is 0. The van der Waals surface area contributed by atoms with Gasteiger partial charge >= 0.3 is 12.2 Å². The largest absolute Gasteiger partial charge is 0.444 e. The molecule has 2 aromatic heterocycles. The first-order valence-electron chi connectivity index (χ1n) is 12.8. The molecule has 0 radical (unpaired) electrons. The zero-order chi connectivity index (χ0) is 27.2. The topological polar surface area (TPSA) is 84.9 Å². The lowest BCUT2D eigenvalue weighted by atomic mass is 9.98. The maximum atomic E-state index is 11.9. The van der Waals surface area contributed by atoms with Gasteiger partial charge in [0.15, 0.2) is 0 Å². The van der Waals surface area contributed by atoms with Gasteiger partial charge in [0.25, 0.3) is 0 Å². The van der Waals surface area contributed by atoms with Gasteiger partial charge in [-0.1, -0.05) is 0 Å². The van der Waals surface area contributed by atoms with Crippen molar-refractivity contribution in [2.75, 3.05) is 26.2 Å². The van der Waals surface area contributed by atoms with E-state index in [2.05, 4.69) is 25.9 Å². The molecule has 2 aliphatic rings. The fourth-order valence-corrected chi connectivity index (χ4v) is 6.39. The molecular weight excluding hydrogens is 576 g/mol. The van der Waals surface area contributed by atoms with Crippen molar-refractivity contribution in [3.8, 4) is 0 Å². The van der Waals surface area contributed by atoms with Crippen LogP contribution in [0.15, 0.2) is 21.6 Å². The van der Waals surface area contributed by atoms with Gasteiger partial charge in [-0.15, -0.1) is 22.7 Å². The van der Waals surface area contributed by atoms with E-state index in [-0.39, 0.29) is 12.2 Å². The Balaban J connectivity index is 0.000000206. The van der Waals surface area contributed by atoms with Crippen LogP contribution in [0.3, 0.4) is 0 Å². The Morgan fingerprint density at radius 3 is 1.65 bits per heavy atom. The van der Waals surface area contributed by atoms with E-state index >= 15 is 0 Å². The van der Waals surface area contributed by atoms with Crippen LogP contribution in [0.4, 0.5) is 9.59 Å². The third kappa shape index (κ3) is 9.83. The Labute approximate surface area is 236 Å². The van der Waals surface area contributed by atoms with E-state index in [0.717, 1.165) is 60.7 Å². The molecule has 11 heteroatoms. The van der Waals surface area contributed by atoms with E-state index in [0.29, 0.717) is 11.8 Å². The van der Waals surface area contributed by atoms with Crippen molar-refractivity contribution in [2.45, 2.75) is 90.3 Å². The van der Waals surface area contributed by atoms with Crippen LogP contribution in [0.25, 0.3) is 0 Å². The number of hydrogen-bond acceptors (Lipinski definition) is 8. The Morgan fingerprint density at radius 2 is 1.30 bits per heavy atom. The lowest BCUT2D eigenvalue weighted by Gasteiger charge is -2.32. The molecule has 2 amide bonds. The third-order valence-electron chi connectivity index (χ3n) is 5.94. The number of likely N-dealkylation sites (tertiary alicyclic amines) is 2. The molecule has 2 aliphatic heterocycles.